The fourth-order valence-corrected chi connectivity index (χ4v) is 5.19. The van der Waals surface area contributed by atoms with Crippen molar-refractivity contribution in [1.29, 1.82) is 0 Å². The number of ether oxygens (including phenoxy) is 1. The first-order valence-electron chi connectivity index (χ1n) is 9.88. The third kappa shape index (κ3) is 5.73. The van der Waals surface area contributed by atoms with Gasteiger partial charge in [0.15, 0.2) is 6.61 Å². The second kappa shape index (κ2) is 9.68. The Balaban J connectivity index is 1.64. The van der Waals surface area contributed by atoms with Gasteiger partial charge < -0.3 is 10.1 Å². The molecule has 0 atom stereocenters. The minimum atomic E-state index is -4.65. The van der Waals surface area contributed by atoms with Gasteiger partial charge in [-0.3, -0.25) is 4.79 Å². The molecule has 6 nitrogen and oxygen atoms in total. The molecule has 0 spiro atoms. The highest BCUT2D eigenvalue weighted by Crippen LogP contribution is 2.36. The van der Waals surface area contributed by atoms with Gasteiger partial charge in [0, 0.05) is 18.8 Å². The van der Waals surface area contributed by atoms with E-state index in [1.807, 2.05) is 0 Å². The van der Waals surface area contributed by atoms with Gasteiger partial charge in [-0.1, -0.05) is 18.0 Å². The van der Waals surface area contributed by atoms with E-state index in [4.69, 9.17) is 16.3 Å². The Morgan fingerprint density at radius 2 is 1.81 bits per heavy atom. The molecular formula is C21H22ClF3N2O4S. The van der Waals surface area contributed by atoms with E-state index in [1.165, 1.54) is 28.6 Å². The average Bonchev–Trinajstić information content (AvgIpc) is 2.74. The van der Waals surface area contributed by atoms with E-state index in [2.05, 4.69) is 5.32 Å². The molecule has 1 amide bonds. The molecule has 1 aliphatic rings. The normalized spacial score (nSPS) is 15.4. The van der Waals surface area contributed by atoms with Crippen LogP contribution in [0.3, 0.4) is 0 Å². The van der Waals surface area contributed by atoms with Crippen LogP contribution in [0.4, 0.5) is 18.9 Å². The SMILES string of the molecule is Cc1cc(S(=O)(=O)N2CCCCC2)ccc1OCC(=O)Nc1ccc(Cl)c(C(F)(F)F)c1. The van der Waals surface area contributed by atoms with Crippen molar-refractivity contribution in [2.24, 2.45) is 0 Å². The molecule has 1 N–H and O–H groups in total. The number of piperidine rings is 1. The summed E-state index contributed by atoms with van der Waals surface area (Å²) < 4.78 is 71.3. The smallest absolute Gasteiger partial charge is 0.417 e. The number of hydrogen-bond donors (Lipinski definition) is 1. The van der Waals surface area contributed by atoms with Gasteiger partial charge in [-0.2, -0.15) is 17.5 Å². The Kier molecular flexibility index (Phi) is 7.36. The number of aryl methyl sites for hydroxylation is 1. The first-order chi connectivity index (χ1) is 15.0. The number of carbonyl (C=O) groups excluding carboxylic acids is 1. The summed E-state index contributed by atoms with van der Waals surface area (Å²) in [5, 5.41) is 1.85. The number of nitrogens with one attached hydrogen (secondary N) is 1. The standard InChI is InChI=1S/C21H22ClF3N2O4S/c1-14-11-16(32(29,30)27-9-3-2-4-10-27)6-8-19(14)31-13-20(28)26-15-5-7-18(22)17(12-15)21(23,24)25/h5-8,11-12H,2-4,9-10,13H2,1H3,(H,26,28). The average molecular weight is 491 g/mol. The molecule has 174 valence electrons. The second-order valence-electron chi connectivity index (χ2n) is 7.42. The van der Waals surface area contributed by atoms with Gasteiger partial charge in [0.2, 0.25) is 10.0 Å². The number of amides is 1. The molecule has 11 heteroatoms. The van der Waals surface area contributed by atoms with Crippen molar-refractivity contribution in [3.05, 3.63) is 52.5 Å². The van der Waals surface area contributed by atoms with Crippen LogP contribution in [0.15, 0.2) is 41.3 Å². The predicted octanol–water partition coefficient (Wildman–Crippen LogP) is 4.86. The molecule has 1 saturated heterocycles. The summed E-state index contributed by atoms with van der Waals surface area (Å²) >= 11 is 5.57. The Bertz CT molecular complexity index is 1100. The molecule has 2 aromatic rings. The molecule has 1 aliphatic heterocycles. The van der Waals surface area contributed by atoms with Crippen molar-refractivity contribution in [3.63, 3.8) is 0 Å². The molecule has 0 radical (unpaired) electrons. The lowest BCUT2D eigenvalue weighted by Gasteiger charge is -2.26. The first-order valence-corrected chi connectivity index (χ1v) is 11.7. The zero-order valence-corrected chi connectivity index (χ0v) is 18.8. The fraction of sp³-hybridized carbons (Fsp3) is 0.381. The summed E-state index contributed by atoms with van der Waals surface area (Å²) in [6, 6.07) is 7.40. The lowest BCUT2D eigenvalue weighted by molar-refractivity contribution is -0.137. The third-order valence-electron chi connectivity index (χ3n) is 5.01. The van der Waals surface area contributed by atoms with Crippen LogP contribution in [0, 0.1) is 6.92 Å². The minimum Gasteiger partial charge on any atom is -0.483 e. The third-order valence-corrected chi connectivity index (χ3v) is 7.24. The maximum Gasteiger partial charge on any atom is 0.417 e. The monoisotopic (exact) mass is 490 g/mol. The minimum absolute atomic E-state index is 0.0741. The van der Waals surface area contributed by atoms with Crippen molar-refractivity contribution < 1.29 is 31.1 Å². The second-order valence-corrected chi connectivity index (χ2v) is 9.77. The number of benzene rings is 2. The van der Waals surface area contributed by atoms with Gasteiger partial charge in [-0.15, -0.1) is 0 Å². The van der Waals surface area contributed by atoms with E-state index in [-0.39, 0.29) is 10.6 Å². The number of nitrogens with zero attached hydrogens (tertiary/aromatic N) is 1. The summed E-state index contributed by atoms with van der Waals surface area (Å²) in [7, 11) is -3.60. The van der Waals surface area contributed by atoms with Gasteiger partial charge >= 0.3 is 6.18 Å². The molecule has 32 heavy (non-hydrogen) atoms. The molecule has 2 aromatic carbocycles. The van der Waals surface area contributed by atoms with E-state index in [0.717, 1.165) is 31.4 Å². The summed E-state index contributed by atoms with van der Waals surface area (Å²) in [5.41, 5.74) is -0.615. The van der Waals surface area contributed by atoms with Crippen LogP contribution in [0.5, 0.6) is 5.75 Å². The number of halogens is 4. The van der Waals surface area contributed by atoms with Gasteiger partial charge in [0.1, 0.15) is 5.75 Å². The highest BCUT2D eigenvalue weighted by atomic mass is 35.5. The van der Waals surface area contributed by atoms with Crippen LogP contribution in [0.1, 0.15) is 30.4 Å². The van der Waals surface area contributed by atoms with Crippen molar-refractivity contribution in [2.75, 3.05) is 25.0 Å². The lowest BCUT2D eigenvalue weighted by Crippen LogP contribution is -2.35. The van der Waals surface area contributed by atoms with Crippen molar-refractivity contribution in [1.82, 2.24) is 4.31 Å². The molecule has 0 aliphatic carbocycles. The van der Waals surface area contributed by atoms with E-state index >= 15 is 0 Å². The van der Waals surface area contributed by atoms with Gasteiger partial charge in [0.25, 0.3) is 5.91 Å². The van der Waals surface area contributed by atoms with E-state index < -0.39 is 39.3 Å². The quantitative estimate of drug-likeness (QED) is 0.627. The van der Waals surface area contributed by atoms with Crippen LogP contribution >= 0.6 is 11.6 Å². The van der Waals surface area contributed by atoms with Gasteiger partial charge in [-0.25, -0.2) is 8.42 Å². The van der Waals surface area contributed by atoms with Gasteiger partial charge in [0.05, 0.1) is 15.5 Å². The first kappa shape index (κ1) is 24.3. The van der Waals surface area contributed by atoms with E-state index in [1.54, 1.807) is 6.92 Å². The summed E-state index contributed by atoms with van der Waals surface area (Å²) in [4.78, 5) is 12.3. The Hall–Kier alpha value is -2.30. The Labute approximate surface area is 189 Å². The van der Waals surface area contributed by atoms with Crippen LogP contribution in [0.2, 0.25) is 5.02 Å². The molecule has 1 fully saturated rings. The number of carbonyl (C=O) groups is 1. The highest BCUT2D eigenvalue weighted by molar-refractivity contribution is 7.89. The van der Waals surface area contributed by atoms with Gasteiger partial charge in [-0.05, 0) is 61.7 Å². The molecule has 3 rings (SSSR count). The van der Waals surface area contributed by atoms with Crippen molar-refractivity contribution >= 4 is 33.2 Å². The van der Waals surface area contributed by atoms with E-state index in [9.17, 15) is 26.4 Å². The number of alkyl halides is 3. The van der Waals surface area contributed by atoms with Crippen LogP contribution in [-0.4, -0.2) is 38.3 Å². The molecule has 0 unspecified atom stereocenters. The Morgan fingerprint density at radius 3 is 2.44 bits per heavy atom. The van der Waals surface area contributed by atoms with Crippen LogP contribution in [-0.2, 0) is 21.0 Å². The van der Waals surface area contributed by atoms with E-state index in [0.29, 0.717) is 24.4 Å². The topological polar surface area (TPSA) is 75.7 Å². The lowest BCUT2D eigenvalue weighted by atomic mass is 10.2. The molecule has 0 aromatic heterocycles. The number of rotatable bonds is 6. The highest BCUT2D eigenvalue weighted by Gasteiger charge is 2.33. The fourth-order valence-electron chi connectivity index (χ4n) is 3.36. The van der Waals surface area contributed by atoms with Crippen LogP contribution < -0.4 is 10.1 Å². The number of sulfonamides is 1. The molecule has 0 bridgehead atoms. The van der Waals surface area contributed by atoms with Crippen molar-refractivity contribution in [2.45, 2.75) is 37.3 Å². The zero-order valence-electron chi connectivity index (χ0n) is 17.2. The number of hydrogen-bond acceptors (Lipinski definition) is 4. The predicted molar refractivity (Wildman–Crippen MR) is 114 cm³/mol. The molecular weight excluding hydrogens is 469 g/mol. The largest absolute Gasteiger partial charge is 0.483 e. The summed E-state index contributed by atoms with van der Waals surface area (Å²) in [5.74, 6) is -0.380. The number of anilines is 1. The molecule has 0 saturated carbocycles. The molecule has 1 heterocycles. The zero-order chi connectivity index (χ0) is 23.5. The summed E-state index contributed by atoms with van der Waals surface area (Å²) in [6.07, 6.45) is -1.99. The Morgan fingerprint density at radius 1 is 1.12 bits per heavy atom. The maximum absolute atomic E-state index is 12.9. The van der Waals surface area contributed by atoms with Crippen molar-refractivity contribution in [3.8, 4) is 5.75 Å². The summed E-state index contributed by atoms with van der Waals surface area (Å²) in [6.45, 7) is 2.15. The van der Waals surface area contributed by atoms with Crippen LogP contribution in [0.25, 0.3) is 0 Å². The maximum atomic E-state index is 12.9.